The number of allylic oxidation sites excluding steroid dienone is 4. The van der Waals surface area contributed by atoms with Gasteiger partial charge >= 0.3 is 0 Å². The molecule has 0 fully saturated rings. The molecule has 1 aromatic rings. The third-order valence-electron chi connectivity index (χ3n) is 5.29. The monoisotopic (exact) mass is 337 g/mol. The fourth-order valence-electron chi connectivity index (χ4n) is 3.90. The lowest BCUT2D eigenvalue weighted by molar-refractivity contribution is 0.284. The summed E-state index contributed by atoms with van der Waals surface area (Å²) >= 11 is 0. The first-order chi connectivity index (χ1) is 11.8. The zero-order chi connectivity index (χ0) is 18.3. The predicted octanol–water partition coefficient (Wildman–Crippen LogP) is 6.03. The van der Waals surface area contributed by atoms with Crippen LogP contribution < -0.4 is 0 Å². The van der Waals surface area contributed by atoms with Crippen molar-refractivity contribution in [2.24, 2.45) is 5.92 Å². The Morgan fingerprint density at radius 3 is 2.68 bits per heavy atom. The summed E-state index contributed by atoms with van der Waals surface area (Å²) < 4.78 is 14.6. The third-order valence-corrected chi connectivity index (χ3v) is 5.29. The molecule has 0 amide bonds. The van der Waals surface area contributed by atoms with Crippen LogP contribution in [0.1, 0.15) is 50.8 Å². The number of hydrogen-bond donors (Lipinski definition) is 0. The summed E-state index contributed by atoms with van der Waals surface area (Å²) in [6.07, 6.45) is 6.94. The fraction of sp³-hybridized carbons (Fsp3) is 0.391. The number of aryl methyl sites for hydroxylation is 1. The molecular weight excluding hydrogens is 309 g/mol. The van der Waals surface area contributed by atoms with Gasteiger partial charge < -0.3 is 4.90 Å². The van der Waals surface area contributed by atoms with Crippen LogP contribution in [0.3, 0.4) is 0 Å². The Morgan fingerprint density at radius 2 is 2.08 bits per heavy atom. The van der Waals surface area contributed by atoms with Gasteiger partial charge in [0.05, 0.1) is 0 Å². The average Bonchev–Trinajstić information content (AvgIpc) is 2.54. The van der Waals surface area contributed by atoms with Crippen LogP contribution in [0.5, 0.6) is 0 Å². The highest BCUT2D eigenvalue weighted by molar-refractivity contribution is 5.77. The second-order valence-corrected chi connectivity index (χ2v) is 7.65. The summed E-state index contributed by atoms with van der Waals surface area (Å²) in [4.78, 5) is 2.31. The topological polar surface area (TPSA) is 3.24 Å². The second-order valence-electron chi connectivity index (χ2n) is 7.65. The van der Waals surface area contributed by atoms with Gasteiger partial charge in [0.15, 0.2) is 0 Å². The minimum Gasteiger partial charge on any atom is -0.343 e. The first kappa shape index (κ1) is 17.7. The van der Waals surface area contributed by atoms with Crippen LogP contribution in [-0.4, -0.2) is 10.9 Å². The van der Waals surface area contributed by atoms with Gasteiger partial charge in [0.2, 0.25) is 0 Å². The van der Waals surface area contributed by atoms with E-state index < -0.39 is 0 Å². The Morgan fingerprint density at radius 1 is 1.36 bits per heavy atom. The van der Waals surface area contributed by atoms with E-state index in [1.54, 1.807) is 6.07 Å². The molecule has 0 spiro atoms. The highest BCUT2D eigenvalue weighted by Crippen LogP contribution is 2.41. The molecule has 1 unspecified atom stereocenters. The van der Waals surface area contributed by atoms with Crippen molar-refractivity contribution in [1.29, 1.82) is 0 Å². The van der Waals surface area contributed by atoms with Gasteiger partial charge in [-0.3, -0.25) is 0 Å². The maximum Gasteiger partial charge on any atom is 0.127 e. The summed E-state index contributed by atoms with van der Waals surface area (Å²) in [6, 6.07) is 4.17. The van der Waals surface area contributed by atoms with E-state index in [1.165, 1.54) is 5.56 Å². The summed E-state index contributed by atoms with van der Waals surface area (Å²) in [6.45, 7) is 16.9. The summed E-state index contributed by atoms with van der Waals surface area (Å²) in [5, 5.41) is 0. The van der Waals surface area contributed by atoms with Crippen molar-refractivity contribution in [2.75, 3.05) is 0 Å². The van der Waals surface area contributed by atoms with E-state index in [4.69, 9.17) is 0 Å². The van der Waals surface area contributed by atoms with Crippen molar-refractivity contribution in [2.45, 2.75) is 53.0 Å². The molecule has 1 atom stereocenters. The summed E-state index contributed by atoms with van der Waals surface area (Å²) in [7, 11) is 0. The Balaban J connectivity index is 2.15. The van der Waals surface area contributed by atoms with E-state index in [0.717, 1.165) is 52.8 Å². The van der Waals surface area contributed by atoms with E-state index in [-0.39, 0.29) is 5.82 Å². The predicted molar refractivity (Wildman–Crippen MR) is 105 cm³/mol. The number of halogens is 1. The van der Waals surface area contributed by atoms with Crippen molar-refractivity contribution in [3.63, 3.8) is 0 Å². The lowest BCUT2D eigenvalue weighted by Gasteiger charge is -2.43. The minimum absolute atomic E-state index is 0.0928. The summed E-state index contributed by atoms with van der Waals surface area (Å²) in [5.74, 6) is 0.398. The van der Waals surface area contributed by atoms with E-state index in [9.17, 15) is 4.39 Å². The SMILES string of the molecule is C=C(C)C1=CN2C(=CC1=C)c1cc(F)c(CCC)cc1CC2C(C)C. The van der Waals surface area contributed by atoms with Crippen LogP contribution in [0.2, 0.25) is 0 Å². The molecule has 0 N–H and O–H groups in total. The molecule has 0 bridgehead atoms. The Hall–Kier alpha value is -2.09. The lowest BCUT2D eigenvalue weighted by Crippen LogP contribution is -2.41. The molecule has 0 aromatic heterocycles. The lowest BCUT2D eigenvalue weighted by atomic mass is 9.82. The second kappa shape index (κ2) is 6.67. The molecular formula is C23H28FN. The van der Waals surface area contributed by atoms with Gasteiger partial charge in [-0.2, -0.15) is 0 Å². The molecule has 1 aromatic carbocycles. The maximum atomic E-state index is 14.6. The van der Waals surface area contributed by atoms with Gasteiger partial charge in [-0.05, 0) is 65.7 Å². The van der Waals surface area contributed by atoms with Crippen molar-refractivity contribution < 1.29 is 4.39 Å². The summed E-state index contributed by atoms with van der Waals surface area (Å²) in [5.41, 5.74) is 7.21. The molecule has 2 aliphatic rings. The molecule has 0 saturated heterocycles. The van der Waals surface area contributed by atoms with Crippen LogP contribution >= 0.6 is 0 Å². The first-order valence-corrected chi connectivity index (χ1v) is 9.22. The van der Waals surface area contributed by atoms with E-state index in [2.05, 4.69) is 57.2 Å². The van der Waals surface area contributed by atoms with Gasteiger partial charge in [-0.15, -0.1) is 0 Å². The Kier molecular flexibility index (Phi) is 4.73. The molecule has 2 heterocycles. The number of nitrogens with zero attached hydrogens (tertiary/aromatic N) is 1. The molecule has 0 saturated carbocycles. The largest absolute Gasteiger partial charge is 0.343 e. The van der Waals surface area contributed by atoms with Gasteiger partial charge in [-0.1, -0.05) is 46.4 Å². The smallest absolute Gasteiger partial charge is 0.127 e. The van der Waals surface area contributed by atoms with Crippen LogP contribution in [0, 0.1) is 11.7 Å². The van der Waals surface area contributed by atoms with Gasteiger partial charge in [0, 0.05) is 23.5 Å². The van der Waals surface area contributed by atoms with E-state index in [1.807, 2.05) is 6.92 Å². The molecule has 3 rings (SSSR count). The Bertz CT molecular complexity index is 795. The van der Waals surface area contributed by atoms with E-state index in [0.29, 0.717) is 12.0 Å². The molecule has 1 nitrogen and oxygen atoms in total. The Labute approximate surface area is 151 Å². The maximum absolute atomic E-state index is 14.6. The van der Waals surface area contributed by atoms with Crippen molar-refractivity contribution in [3.8, 4) is 0 Å². The van der Waals surface area contributed by atoms with Crippen LogP contribution in [-0.2, 0) is 12.8 Å². The first-order valence-electron chi connectivity index (χ1n) is 9.22. The number of hydrogen-bond acceptors (Lipinski definition) is 1. The fourth-order valence-corrected chi connectivity index (χ4v) is 3.90. The van der Waals surface area contributed by atoms with Gasteiger partial charge in [0.1, 0.15) is 5.82 Å². The number of fused-ring (bicyclic) bond motifs is 3. The zero-order valence-corrected chi connectivity index (χ0v) is 15.8. The highest BCUT2D eigenvalue weighted by Gasteiger charge is 2.33. The number of rotatable bonds is 4. The molecule has 132 valence electrons. The van der Waals surface area contributed by atoms with Crippen LogP contribution in [0.4, 0.5) is 4.39 Å². The quantitative estimate of drug-likeness (QED) is 0.648. The molecule has 2 aliphatic heterocycles. The zero-order valence-electron chi connectivity index (χ0n) is 15.8. The van der Waals surface area contributed by atoms with Gasteiger partial charge in [-0.25, -0.2) is 4.39 Å². The highest BCUT2D eigenvalue weighted by atomic mass is 19.1. The third kappa shape index (κ3) is 3.10. The van der Waals surface area contributed by atoms with Crippen molar-refractivity contribution in [3.05, 3.63) is 76.8 Å². The van der Waals surface area contributed by atoms with Crippen molar-refractivity contribution in [1.82, 2.24) is 4.90 Å². The van der Waals surface area contributed by atoms with Crippen LogP contribution in [0.15, 0.2) is 54.3 Å². The molecule has 2 heteroatoms. The molecule has 0 radical (unpaired) electrons. The normalized spacial score (nSPS) is 19.4. The standard InChI is InChI=1S/C23H28FN/c1-7-8-17-10-18-11-22(15(4)5)25-13-20(14(2)3)16(6)9-23(25)19(18)12-21(17)24/h9-10,12-13,15,22H,2,6-8,11H2,1,3-5H3. The molecule has 25 heavy (non-hydrogen) atoms. The molecule has 0 aliphatic carbocycles. The van der Waals surface area contributed by atoms with E-state index >= 15 is 0 Å². The van der Waals surface area contributed by atoms with Gasteiger partial charge in [0.25, 0.3) is 0 Å². The average molecular weight is 337 g/mol. The minimum atomic E-state index is -0.0928. The van der Waals surface area contributed by atoms with Crippen LogP contribution in [0.25, 0.3) is 5.70 Å². The van der Waals surface area contributed by atoms with Crippen molar-refractivity contribution >= 4 is 5.70 Å². The number of benzene rings is 1.